The van der Waals surface area contributed by atoms with Gasteiger partial charge in [-0.15, -0.1) is 11.3 Å². The number of aryl methyl sites for hydroxylation is 1. The Morgan fingerprint density at radius 1 is 1.64 bits per heavy atom. The highest BCUT2D eigenvalue weighted by molar-refractivity contribution is 7.10. The van der Waals surface area contributed by atoms with Crippen molar-refractivity contribution >= 4 is 11.3 Å². The Morgan fingerprint density at radius 2 is 2.43 bits per heavy atom. The van der Waals surface area contributed by atoms with Crippen LogP contribution in [-0.4, -0.2) is 0 Å². The predicted molar refractivity (Wildman–Crippen MR) is 61.1 cm³/mol. The summed E-state index contributed by atoms with van der Waals surface area (Å²) in [6.07, 6.45) is 5.39. The SMILES string of the molecule is Cc1cc(C(CC2CCC2)NN)cs1. The fraction of sp³-hybridized carbons (Fsp3) is 0.636. The Morgan fingerprint density at radius 3 is 2.86 bits per heavy atom. The molecular formula is C11H18N2S. The second-order valence-electron chi connectivity index (χ2n) is 4.24. The first-order valence-corrected chi connectivity index (χ1v) is 6.18. The smallest absolute Gasteiger partial charge is 0.0470 e. The van der Waals surface area contributed by atoms with Crippen LogP contribution in [-0.2, 0) is 0 Å². The van der Waals surface area contributed by atoms with Crippen molar-refractivity contribution in [1.82, 2.24) is 5.43 Å². The summed E-state index contributed by atoms with van der Waals surface area (Å²) in [5, 5.41) is 2.22. The van der Waals surface area contributed by atoms with Crippen molar-refractivity contribution in [3.63, 3.8) is 0 Å². The molecule has 1 aromatic rings. The third-order valence-corrected chi connectivity index (χ3v) is 4.03. The largest absolute Gasteiger partial charge is 0.271 e. The quantitative estimate of drug-likeness (QED) is 0.592. The molecule has 1 atom stereocenters. The van der Waals surface area contributed by atoms with Crippen LogP contribution in [0.15, 0.2) is 11.4 Å². The minimum Gasteiger partial charge on any atom is -0.271 e. The molecule has 1 heterocycles. The van der Waals surface area contributed by atoms with Crippen LogP contribution in [0.2, 0.25) is 0 Å². The molecule has 2 rings (SSSR count). The lowest BCUT2D eigenvalue weighted by Gasteiger charge is -2.29. The summed E-state index contributed by atoms with van der Waals surface area (Å²) in [6, 6.07) is 2.61. The van der Waals surface area contributed by atoms with E-state index in [0.717, 1.165) is 5.92 Å². The van der Waals surface area contributed by atoms with Crippen molar-refractivity contribution in [3.8, 4) is 0 Å². The molecule has 1 aliphatic carbocycles. The third kappa shape index (κ3) is 2.16. The maximum atomic E-state index is 5.60. The van der Waals surface area contributed by atoms with Crippen molar-refractivity contribution in [2.75, 3.05) is 0 Å². The predicted octanol–water partition coefficient (Wildman–Crippen LogP) is 2.75. The standard InChI is InChI=1S/C11H18N2S/c1-8-5-10(7-14-8)11(13-12)6-9-3-2-4-9/h5,7,9,11,13H,2-4,6,12H2,1H3. The van der Waals surface area contributed by atoms with Crippen LogP contribution in [0.3, 0.4) is 0 Å². The maximum absolute atomic E-state index is 5.60. The first-order valence-electron chi connectivity index (χ1n) is 5.30. The van der Waals surface area contributed by atoms with Crippen LogP contribution in [0.5, 0.6) is 0 Å². The molecule has 1 saturated carbocycles. The number of thiophene rings is 1. The lowest BCUT2D eigenvalue weighted by atomic mass is 9.80. The average molecular weight is 210 g/mol. The van der Waals surface area contributed by atoms with Gasteiger partial charge in [0.2, 0.25) is 0 Å². The van der Waals surface area contributed by atoms with E-state index in [-0.39, 0.29) is 0 Å². The molecule has 0 radical (unpaired) electrons. The van der Waals surface area contributed by atoms with Crippen molar-refractivity contribution in [2.45, 2.75) is 38.6 Å². The molecule has 3 heteroatoms. The molecule has 0 aromatic carbocycles. The minimum atomic E-state index is 0.366. The average Bonchev–Trinajstić information content (AvgIpc) is 2.50. The van der Waals surface area contributed by atoms with Gasteiger partial charge in [0.15, 0.2) is 0 Å². The monoisotopic (exact) mass is 210 g/mol. The normalized spacial score (nSPS) is 19.3. The van der Waals surface area contributed by atoms with E-state index in [9.17, 15) is 0 Å². The first-order chi connectivity index (χ1) is 6.79. The molecule has 0 bridgehead atoms. The van der Waals surface area contributed by atoms with Gasteiger partial charge in [-0.05, 0) is 36.3 Å². The lowest BCUT2D eigenvalue weighted by Crippen LogP contribution is -2.30. The van der Waals surface area contributed by atoms with E-state index in [0.29, 0.717) is 6.04 Å². The molecule has 2 nitrogen and oxygen atoms in total. The van der Waals surface area contributed by atoms with Gasteiger partial charge < -0.3 is 0 Å². The first kappa shape index (κ1) is 10.1. The molecule has 1 aromatic heterocycles. The van der Waals surface area contributed by atoms with Crippen LogP contribution >= 0.6 is 11.3 Å². The zero-order valence-electron chi connectivity index (χ0n) is 8.62. The minimum absolute atomic E-state index is 0.366. The van der Waals surface area contributed by atoms with Gasteiger partial charge in [-0.1, -0.05) is 19.3 Å². The van der Waals surface area contributed by atoms with Gasteiger partial charge in [-0.25, -0.2) is 0 Å². The Balaban J connectivity index is 1.97. The van der Waals surface area contributed by atoms with E-state index in [1.807, 2.05) is 0 Å². The highest BCUT2D eigenvalue weighted by Crippen LogP contribution is 2.35. The third-order valence-electron chi connectivity index (χ3n) is 3.15. The van der Waals surface area contributed by atoms with Crippen molar-refractivity contribution in [1.29, 1.82) is 0 Å². The van der Waals surface area contributed by atoms with E-state index in [2.05, 4.69) is 23.8 Å². The summed E-state index contributed by atoms with van der Waals surface area (Å²) >= 11 is 1.81. The van der Waals surface area contributed by atoms with Crippen LogP contribution in [0.1, 0.15) is 42.2 Å². The molecule has 1 unspecified atom stereocenters. The van der Waals surface area contributed by atoms with E-state index in [1.54, 1.807) is 11.3 Å². The van der Waals surface area contributed by atoms with Gasteiger partial charge in [-0.3, -0.25) is 11.3 Å². The van der Waals surface area contributed by atoms with Gasteiger partial charge in [-0.2, -0.15) is 0 Å². The molecule has 0 spiro atoms. The summed E-state index contributed by atoms with van der Waals surface area (Å²) in [4.78, 5) is 1.37. The second kappa shape index (κ2) is 4.43. The van der Waals surface area contributed by atoms with Crippen molar-refractivity contribution in [3.05, 3.63) is 21.9 Å². The summed E-state index contributed by atoms with van der Waals surface area (Å²) in [5.41, 5.74) is 4.30. The lowest BCUT2D eigenvalue weighted by molar-refractivity contribution is 0.262. The highest BCUT2D eigenvalue weighted by atomic mass is 32.1. The van der Waals surface area contributed by atoms with Crippen molar-refractivity contribution < 1.29 is 0 Å². The van der Waals surface area contributed by atoms with E-state index in [4.69, 9.17) is 5.84 Å². The molecule has 0 amide bonds. The van der Waals surface area contributed by atoms with Gasteiger partial charge in [0.05, 0.1) is 0 Å². The van der Waals surface area contributed by atoms with Crippen LogP contribution < -0.4 is 11.3 Å². The molecule has 78 valence electrons. The number of hydrogen-bond donors (Lipinski definition) is 2. The number of hydrogen-bond acceptors (Lipinski definition) is 3. The van der Waals surface area contributed by atoms with Gasteiger partial charge in [0.25, 0.3) is 0 Å². The van der Waals surface area contributed by atoms with E-state index >= 15 is 0 Å². The number of nitrogens with two attached hydrogens (primary N) is 1. The van der Waals surface area contributed by atoms with Gasteiger partial charge in [0, 0.05) is 10.9 Å². The number of nitrogens with one attached hydrogen (secondary N) is 1. The molecule has 1 fully saturated rings. The highest BCUT2D eigenvalue weighted by Gasteiger charge is 2.22. The zero-order chi connectivity index (χ0) is 9.97. The summed E-state index contributed by atoms with van der Waals surface area (Å²) in [5.74, 6) is 6.50. The fourth-order valence-electron chi connectivity index (χ4n) is 2.01. The topological polar surface area (TPSA) is 38.0 Å². The Bertz CT molecular complexity index is 291. The summed E-state index contributed by atoms with van der Waals surface area (Å²) in [7, 11) is 0. The van der Waals surface area contributed by atoms with Crippen LogP contribution in [0.25, 0.3) is 0 Å². The summed E-state index contributed by atoms with van der Waals surface area (Å²) < 4.78 is 0. The van der Waals surface area contributed by atoms with Gasteiger partial charge >= 0.3 is 0 Å². The number of rotatable bonds is 4. The Hall–Kier alpha value is -0.380. The second-order valence-corrected chi connectivity index (χ2v) is 5.36. The molecule has 0 aliphatic heterocycles. The van der Waals surface area contributed by atoms with Crippen molar-refractivity contribution in [2.24, 2.45) is 11.8 Å². The number of hydrazine groups is 1. The molecule has 1 aliphatic rings. The Kier molecular flexibility index (Phi) is 3.21. The van der Waals surface area contributed by atoms with Crippen LogP contribution in [0, 0.1) is 12.8 Å². The molecule has 14 heavy (non-hydrogen) atoms. The zero-order valence-corrected chi connectivity index (χ0v) is 9.44. The Labute approximate surface area is 89.5 Å². The van der Waals surface area contributed by atoms with Crippen LogP contribution in [0.4, 0.5) is 0 Å². The fourth-order valence-corrected chi connectivity index (χ4v) is 2.77. The van der Waals surface area contributed by atoms with E-state index in [1.165, 1.54) is 36.1 Å². The molecule has 0 saturated heterocycles. The molecular weight excluding hydrogens is 192 g/mol. The van der Waals surface area contributed by atoms with Gasteiger partial charge in [0.1, 0.15) is 0 Å². The molecule has 3 N–H and O–H groups in total. The maximum Gasteiger partial charge on any atom is 0.0470 e. The summed E-state index contributed by atoms with van der Waals surface area (Å²) in [6.45, 7) is 2.14. The van der Waals surface area contributed by atoms with E-state index < -0.39 is 0 Å².